The van der Waals surface area contributed by atoms with Crippen LogP contribution in [0.15, 0.2) is 50.7 Å². The quantitative estimate of drug-likeness (QED) is 0.709. The Labute approximate surface area is 158 Å². The zero-order valence-corrected chi connectivity index (χ0v) is 15.2. The van der Waals surface area contributed by atoms with Crippen molar-refractivity contribution in [2.45, 2.75) is 28.9 Å². The standard InChI is InChI=1S/C18H15F3N2O4S/c19-18(20,21)10-26-17-16(2-1-6-23-17)28(24,25)11-3-4-14-13(8-11)12-5-7-22-9-15(12)27-14/h1-4,6,8,22H,5,7,9-10H2. The Morgan fingerprint density at radius 3 is 2.86 bits per heavy atom. The number of aromatic nitrogens is 1. The maximum Gasteiger partial charge on any atom is 0.422 e. The van der Waals surface area contributed by atoms with Crippen LogP contribution >= 0.6 is 0 Å². The van der Waals surface area contributed by atoms with Crippen LogP contribution in [-0.2, 0) is 22.8 Å². The lowest BCUT2D eigenvalue weighted by atomic mass is 10.1. The molecule has 0 radical (unpaired) electrons. The van der Waals surface area contributed by atoms with Crippen LogP contribution in [0.5, 0.6) is 5.88 Å². The molecule has 1 aliphatic rings. The third-order valence-corrected chi connectivity index (χ3v) is 6.16. The number of halogens is 3. The molecule has 0 aliphatic carbocycles. The van der Waals surface area contributed by atoms with Gasteiger partial charge in [0.1, 0.15) is 16.2 Å². The van der Waals surface area contributed by atoms with Gasteiger partial charge in [-0.2, -0.15) is 13.2 Å². The number of sulfone groups is 1. The molecule has 4 rings (SSSR count). The minimum atomic E-state index is -4.61. The first kappa shape index (κ1) is 18.8. The molecule has 0 amide bonds. The second-order valence-electron chi connectivity index (χ2n) is 6.30. The number of fused-ring (bicyclic) bond motifs is 3. The zero-order valence-electron chi connectivity index (χ0n) is 14.4. The van der Waals surface area contributed by atoms with Crippen molar-refractivity contribution in [3.63, 3.8) is 0 Å². The predicted molar refractivity (Wildman–Crippen MR) is 92.9 cm³/mol. The summed E-state index contributed by atoms with van der Waals surface area (Å²) >= 11 is 0. The summed E-state index contributed by atoms with van der Waals surface area (Å²) < 4.78 is 73.9. The Morgan fingerprint density at radius 1 is 1.25 bits per heavy atom. The van der Waals surface area contributed by atoms with Crippen molar-refractivity contribution in [1.29, 1.82) is 0 Å². The van der Waals surface area contributed by atoms with E-state index in [0.29, 0.717) is 23.9 Å². The smallest absolute Gasteiger partial charge is 0.422 e. The van der Waals surface area contributed by atoms with E-state index in [2.05, 4.69) is 15.0 Å². The highest BCUT2D eigenvalue weighted by molar-refractivity contribution is 7.91. The van der Waals surface area contributed by atoms with Crippen LogP contribution in [0.4, 0.5) is 13.2 Å². The van der Waals surface area contributed by atoms with Gasteiger partial charge in [-0.3, -0.25) is 0 Å². The number of rotatable bonds is 4. The lowest BCUT2D eigenvalue weighted by Crippen LogP contribution is -2.22. The van der Waals surface area contributed by atoms with Crippen molar-refractivity contribution in [1.82, 2.24) is 10.3 Å². The number of furan rings is 1. The number of nitrogens with one attached hydrogen (secondary N) is 1. The maximum atomic E-state index is 13.1. The van der Waals surface area contributed by atoms with E-state index in [1.165, 1.54) is 30.5 Å². The zero-order chi connectivity index (χ0) is 19.9. The van der Waals surface area contributed by atoms with E-state index in [1.807, 2.05) is 0 Å². The van der Waals surface area contributed by atoms with Crippen molar-refractivity contribution in [3.8, 4) is 5.88 Å². The molecular formula is C18H15F3N2O4S. The second-order valence-corrected chi connectivity index (χ2v) is 8.22. The van der Waals surface area contributed by atoms with E-state index < -0.39 is 33.4 Å². The fourth-order valence-electron chi connectivity index (χ4n) is 3.14. The third-order valence-electron chi connectivity index (χ3n) is 4.39. The third kappa shape index (κ3) is 3.45. The second kappa shape index (κ2) is 6.78. The van der Waals surface area contributed by atoms with Crippen LogP contribution in [0, 0.1) is 0 Å². The van der Waals surface area contributed by atoms with Crippen LogP contribution in [0.1, 0.15) is 11.3 Å². The van der Waals surface area contributed by atoms with Gasteiger partial charge in [-0.25, -0.2) is 13.4 Å². The molecule has 1 aliphatic heterocycles. The Bertz CT molecular complexity index is 1140. The maximum absolute atomic E-state index is 13.1. The Kier molecular flexibility index (Phi) is 4.54. The molecule has 0 bridgehead atoms. The first-order valence-corrected chi connectivity index (χ1v) is 9.89. The summed E-state index contributed by atoms with van der Waals surface area (Å²) in [6, 6.07) is 6.90. The van der Waals surface area contributed by atoms with Crippen molar-refractivity contribution >= 4 is 20.8 Å². The fourth-order valence-corrected chi connectivity index (χ4v) is 4.52. The summed E-state index contributed by atoms with van der Waals surface area (Å²) in [5, 5.41) is 3.86. The van der Waals surface area contributed by atoms with Crippen molar-refractivity contribution < 1.29 is 30.7 Å². The van der Waals surface area contributed by atoms with Crippen LogP contribution in [-0.4, -0.2) is 32.7 Å². The summed E-state index contributed by atoms with van der Waals surface area (Å²) in [5.41, 5.74) is 1.50. The van der Waals surface area contributed by atoms with Gasteiger partial charge in [-0.1, -0.05) is 0 Å². The van der Waals surface area contributed by atoms with Crippen molar-refractivity contribution in [2.24, 2.45) is 0 Å². The van der Waals surface area contributed by atoms with E-state index in [9.17, 15) is 21.6 Å². The Hall–Kier alpha value is -2.59. The minimum Gasteiger partial charge on any atom is -0.467 e. The van der Waals surface area contributed by atoms with Crippen molar-refractivity contribution in [2.75, 3.05) is 13.2 Å². The van der Waals surface area contributed by atoms with E-state index in [0.717, 1.165) is 17.9 Å². The molecule has 0 fully saturated rings. The van der Waals surface area contributed by atoms with Crippen LogP contribution in [0.25, 0.3) is 11.0 Å². The number of hydrogen-bond donors (Lipinski definition) is 1. The highest BCUT2D eigenvalue weighted by atomic mass is 32.2. The van der Waals surface area contributed by atoms with Crippen molar-refractivity contribution in [3.05, 3.63) is 47.9 Å². The highest BCUT2D eigenvalue weighted by Crippen LogP contribution is 2.34. The topological polar surface area (TPSA) is 81.4 Å². The molecular weight excluding hydrogens is 397 g/mol. The van der Waals surface area contributed by atoms with Crippen LogP contribution in [0.3, 0.4) is 0 Å². The molecule has 0 spiro atoms. The molecule has 1 N–H and O–H groups in total. The highest BCUT2D eigenvalue weighted by Gasteiger charge is 2.31. The van der Waals surface area contributed by atoms with Gasteiger partial charge < -0.3 is 14.5 Å². The first-order chi connectivity index (χ1) is 13.3. The van der Waals surface area contributed by atoms with Gasteiger partial charge in [0.15, 0.2) is 6.61 Å². The molecule has 0 atom stereocenters. The Balaban J connectivity index is 1.77. The summed E-state index contributed by atoms with van der Waals surface area (Å²) in [6.07, 6.45) is -2.74. The van der Waals surface area contributed by atoms with Gasteiger partial charge >= 0.3 is 6.18 Å². The molecule has 0 unspecified atom stereocenters. The first-order valence-electron chi connectivity index (χ1n) is 8.40. The molecule has 3 aromatic rings. The number of hydrogen-bond acceptors (Lipinski definition) is 6. The van der Waals surface area contributed by atoms with Gasteiger partial charge in [0.2, 0.25) is 15.7 Å². The SMILES string of the molecule is O=S(=O)(c1ccc2oc3c(c2c1)CCNC3)c1cccnc1OCC(F)(F)F. The monoisotopic (exact) mass is 412 g/mol. The predicted octanol–water partition coefficient (Wildman–Crippen LogP) is 3.25. The van der Waals surface area contributed by atoms with E-state index in [1.54, 1.807) is 6.07 Å². The molecule has 3 heterocycles. The van der Waals surface area contributed by atoms with Gasteiger partial charge in [-0.05, 0) is 43.3 Å². The molecule has 1 aromatic carbocycles. The minimum absolute atomic E-state index is 0.0630. The summed E-state index contributed by atoms with van der Waals surface area (Å²) in [4.78, 5) is 3.19. The van der Waals surface area contributed by atoms with Gasteiger partial charge in [0.05, 0.1) is 11.4 Å². The molecule has 0 saturated heterocycles. The lowest BCUT2D eigenvalue weighted by Gasteiger charge is -2.13. The molecule has 148 valence electrons. The fraction of sp³-hybridized carbons (Fsp3) is 0.278. The summed E-state index contributed by atoms with van der Waals surface area (Å²) in [7, 11) is -4.15. The molecule has 6 nitrogen and oxygen atoms in total. The largest absolute Gasteiger partial charge is 0.467 e. The summed E-state index contributed by atoms with van der Waals surface area (Å²) in [6.45, 7) is -0.325. The Morgan fingerprint density at radius 2 is 2.07 bits per heavy atom. The van der Waals surface area contributed by atoms with E-state index in [4.69, 9.17) is 4.42 Å². The number of alkyl halides is 3. The number of benzene rings is 1. The van der Waals surface area contributed by atoms with Gasteiger partial charge in [0.25, 0.3) is 0 Å². The van der Waals surface area contributed by atoms with E-state index in [-0.39, 0.29) is 4.90 Å². The number of pyridine rings is 1. The molecule has 28 heavy (non-hydrogen) atoms. The number of nitrogens with zero attached hydrogens (tertiary/aromatic N) is 1. The van der Waals surface area contributed by atoms with Gasteiger partial charge in [-0.15, -0.1) is 0 Å². The average Bonchev–Trinajstić information content (AvgIpc) is 3.04. The molecule has 10 heteroatoms. The average molecular weight is 412 g/mol. The molecule has 0 saturated carbocycles. The van der Waals surface area contributed by atoms with Gasteiger partial charge in [0, 0.05) is 17.1 Å². The normalized spacial score (nSPS) is 14.8. The lowest BCUT2D eigenvalue weighted by molar-refractivity contribution is -0.154. The molecule has 2 aromatic heterocycles. The van der Waals surface area contributed by atoms with Crippen LogP contribution < -0.4 is 10.1 Å². The summed E-state index contributed by atoms with van der Waals surface area (Å²) in [5.74, 6) is 0.171. The van der Waals surface area contributed by atoms with E-state index >= 15 is 0 Å². The number of ether oxygens (including phenoxy) is 1. The van der Waals surface area contributed by atoms with Crippen LogP contribution in [0.2, 0.25) is 0 Å².